The normalized spacial score (nSPS) is 12.9. The number of methoxy groups -OCH3 is 1. The molecule has 0 aliphatic carbocycles. The predicted octanol–water partition coefficient (Wildman–Crippen LogP) is 6.27. The van der Waals surface area contributed by atoms with Crippen LogP contribution in [0.25, 0.3) is 27.8 Å². The maximum atomic E-state index is 13.7. The monoisotopic (exact) mass is 541 g/mol. The molecule has 5 rings (SSSR count). The largest absolute Gasteiger partial charge is 0.481 e. The van der Waals surface area contributed by atoms with Crippen LogP contribution in [0.5, 0.6) is 0 Å². The summed E-state index contributed by atoms with van der Waals surface area (Å²) in [6, 6.07) is 22.4. The predicted molar refractivity (Wildman–Crippen MR) is 148 cm³/mol. The molecule has 0 bridgehead atoms. The molecule has 2 atom stereocenters. The average molecular weight is 542 g/mol. The van der Waals surface area contributed by atoms with E-state index in [0.29, 0.717) is 52.3 Å². The maximum absolute atomic E-state index is 13.7. The molecule has 0 aliphatic rings. The molecule has 40 heavy (non-hydrogen) atoms. The molecule has 3 aromatic carbocycles. The first-order valence-corrected chi connectivity index (χ1v) is 12.9. The fourth-order valence-corrected chi connectivity index (χ4v) is 4.81. The number of ether oxygens (including phenoxy) is 1. The van der Waals surface area contributed by atoms with E-state index in [1.807, 2.05) is 37.3 Å². The van der Waals surface area contributed by atoms with Gasteiger partial charge in [-0.2, -0.15) is 0 Å². The van der Waals surface area contributed by atoms with Crippen molar-refractivity contribution in [2.24, 2.45) is 0 Å². The lowest BCUT2D eigenvalue weighted by molar-refractivity contribution is -0.137. The molecule has 5 aromatic rings. The number of benzene rings is 3. The number of halogens is 1. The number of hydrogen-bond acceptors (Lipinski definition) is 6. The van der Waals surface area contributed by atoms with Crippen LogP contribution in [0.3, 0.4) is 0 Å². The summed E-state index contributed by atoms with van der Waals surface area (Å²) in [5.41, 5.74) is 2.86. The maximum Gasteiger partial charge on any atom is 0.303 e. The Kier molecular flexibility index (Phi) is 7.84. The molecule has 9 heteroatoms. The van der Waals surface area contributed by atoms with Crippen molar-refractivity contribution in [3.05, 3.63) is 112 Å². The van der Waals surface area contributed by atoms with Crippen molar-refractivity contribution in [2.45, 2.75) is 38.2 Å². The van der Waals surface area contributed by atoms with Crippen molar-refractivity contribution < 1.29 is 23.6 Å². The van der Waals surface area contributed by atoms with E-state index < -0.39 is 17.9 Å². The van der Waals surface area contributed by atoms with Crippen LogP contribution in [0.1, 0.15) is 55.4 Å². The van der Waals surface area contributed by atoms with Gasteiger partial charge in [-0.3, -0.25) is 14.2 Å². The molecule has 0 fully saturated rings. The van der Waals surface area contributed by atoms with Gasteiger partial charge >= 0.3 is 5.97 Å². The Bertz CT molecular complexity index is 1700. The highest BCUT2D eigenvalue weighted by Gasteiger charge is 2.21. The fourth-order valence-electron chi connectivity index (χ4n) is 4.81. The highest BCUT2D eigenvalue weighted by molar-refractivity contribution is 5.83. The Hall–Kier alpha value is -4.63. The third-order valence-corrected chi connectivity index (χ3v) is 6.87. The van der Waals surface area contributed by atoms with Crippen LogP contribution in [0.4, 0.5) is 4.39 Å². The Labute approximate surface area is 229 Å². The first-order chi connectivity index (χ1) is 19.4. The van der Waals surface area contributed by atoms with Gasteiger partial charge in [-0.05, 0) is 54.8 Å². The first kappa shape index (κ1) is 27.0. The first-order valence-electron chi connectivity index (χ1n) is 12.9. The minimum atomic E-state index is -0.880. The molecule has 0 spiro atoms. The number of rotatable bonds is 10. The molecule has 8 nitrogen and oxygen atoms in total. The topological polar surface area (TPSA) is 107 Å². The Balaban J connectivity index is 1.57. The highest BCUT2D eigenvalue weighted by Crippen LogP contribution is 2.31. The zero-order chi connectivity index (χ0) is 28.2. The van der Waals surface area contributed by atoms with Gasteiger partial charge < -0.3 is 14.4 Å². The van der Waals surface area contributed by atoms with Crippen LogP contribution in [0.2, 0.25) is 0 Å². The lowest BCUT2D eigenvalue weighted by Gasteiger charge is -2.18. The second-order valence-corrected chi connectivity index (χ2v) is 9.65. The van der Waals surface area contributed by atoms with Crippen LogP contribution >= 0.6 is 0 Å². The fraction of sp³-hybridized carbons (Fsp3) is 0.226. The Morgan fingerprint density at radius 1 is 1.07 bits per heavy atom. The molecule has 0 amide bonds. The number of nitrogens with zero attached hydrogens (tertiary/aromatic N) is 3. The average Bonchev–Trinajstić information content (AvgIpc) is 3.44. The molecule has 2 heterocycles. The number of carboxylic acid groups (broad SMARTS) is 1. The van der Waals surface area contributed by atoms with E-state index in [4.69, 9.17) is 19.4 Å². The summed E-state index contributed by atoms with van der Waals surface area (Å²) in [5, 5.41) is 13.7. The number of aliphatic carboxylic acids is 1. The van der Waals surface area contributed by atoms with Crippen LogP contribution in [0.15, 0.2) is 88.2 Å². The van der Waals surface area contributed by atoms with Gasteiger partial charge in [0.1, 0.15) is 23.4 Å². The van der Waals surface area contributed by atoms with E-state index >= 15 is 0 Å². The summed E-state index contributed by atoms with van der Waals surface area (Å²) in [5.74, 6) is -0.528. The summed E-state index contributed by atoms with van der Waals surface area (Å²) in [7, 11) is 1.60. The minimum Gasteiger partial charge on any atom is -0.481 e. The van der Waals surface area contributed by atoms with Crippen molar-refractivity contribution >= 4 is 16.9 Å². The van der Waals surface area contributed by atoms with Gasteiger partial charge in [0.05, 0.1) is 16.6 Å². The number of fused-ring (bicyclic) bond motifs is 1. The quantitative estimate of drug-likeness (QED) is 0.222. The molecule has 0 saturated heterocycles. The van der Waals surface area contributed by atoms with Gasteiger partial charge in [0.2, 0.25) is 0 Å². The third-order valence-electron chi connectivity index (χ3n) is 6.87. The van der Waals surface area contributed by atoms with Crippen molar-refractivity contribution in [2.75, 3.05) is 7.11 Å². The molecular formula is C31H28FN3O5. The SMILES string of the molecule is CO[C@H](c1ccccc1)c1cc(-c2ccc3c(=O)n(-c4ccc(F)cc4)c(C(C)CCCC(=O)O)nc3c2)no1. The summed E-state index contributed by atoms with van der Waals surface area (Å²) < 4.78 is 26.4. The molecule has 1 N–H and O–H groups in total. The van der Waals surface area contributed by atoms with Gasteiger partial charge in [0.15, 0.2) is 5.76 Å². The van der Waals surface area contributed by atoms with Crippen LogP contribution in [0, 0.1) is 5.82 Å². The Morgan fingerprint density at radius 2 is 1.82 bits per heavy atom. The van der Waals surface area contributed by atoms with Gasteiger partial charge in [0, 0.05) is 31.1 Å². The van der Waals surface area contributed by atoms with Gasteiger partial charge in [0.25, 0.3) is 5.56 Å². The van der Waals surface area contributed by atoms with Gasteiger partial charge in [-0.25, -0.2) is 9.37 Å². The van der Waals surface area contributed by atoms with E-state index in [-0.39, 0.29) is 17.9 Å². The summed E-state index contributed by atoms with van der Waals surface area (Å²) in [4.78, 5) is 29.7. The summed E-state index contributed by atoms with van der Waals surface area (Å²) in [6.45, 7) is 1.90. The van der Waals surface area contributed by atoms with E-state index in [1.54, 1.807) is 31.4 Å². The second kappa shape index (κ2) is 11.6. The number of carbonyl (C=O) groups is 1. The molecule has 0 saturated carbocycles. The van der Waals surface area contributed by atoms with E-state index in [2.05, 4.69) is 5.16 Å². The lowest BCUT2D eigenvalue weighted by atomic mass is 10.0. The van der Waals surface area contributed by atoms with Gasteiger partial charge in [-0.1, -0.05) is 48.5 Å². The molecular weight excluding hydrogens is 513 g/mol. The summed E-state index contributed by atoms with van der Waals surface area (Å²) >= 11 is 0. The minimum absolute atomic E-state index is 0.0167. The zero-order valence-electron chi connectivity index (χ0n) is 22.1. The number of aromatic nitrogens is 3. The number of hydrogen-bond donors (Lipinski definition) is 1. The lowest BCUT2D eigenvalue weighted by Crippen LogP contribution is -2.25. The molecule has 2 aromatic heterocycles. The third kappa shape index (κ3) is 5.55. The summed E-state index contributed by atoms with van der Waals surface area (Å²) in [6.07, 6.45) is 0.526. The smallest absolute Gasteiger partial charge is 0.303 e. The van der Waals surface area contributed by atoms with Crippen LogP contribution in [-0.2, 0) is 9.53 Å². The van der Waals surface area contributed by atoms with Crippen molar-refractivity contribution in [1.82, 2.24) is 14.7 Å². The van der Waals surface area contributed by atoms with Crippen molar-refractivity contribution in [3.8, 4) is 16.9 Å². The van der Waals surface area contributed by atoms with Crippen molar-refractivity contribution in [1.29, 1.82) is 0 Å². The zero-order valence-corrected chi connectivity index (χ0v) is 22.1. The highest BCUT2D eigenvalue weighted by atomic mass is 19.1. The van der Waals surface area contributed by atoms with Crippen LogP contribution < -0.4 is 5.56 Å². The number of carboxylic acids is 1. The molecule has 0 aliphatic heterocycles. The molecule has 0 radical (unpaired) electrons. The Morgan fingerprint density at radius 3 is 2.52 bits per heavy atom. The standard InChI is InChI=1S/C31H28FN3O5/c1-19(7-6-10-28(36)37)30-33-26-17-21(11-16-24(26)31(38)35(30)23-14-12-22(32)13-15-23)25-18-27(40-34-25)29(39-2)20-8-4-3-5-9-20/h3-5,8-9,11-19,29H,6-7,10H2,1-2H3,(H,36,37)/t19?,29-/m1/s1. The molecule has 1 unspecified atom stereocenters. The van der Waals surface area contributed by atoms with Crippen molar-refractivity contribution in [3.63, 3.8) is 0 Å². The second-order valence-electron chi connectivity index (χ2n) is 9.65. The van der Waals surface area contributed by atoms with Gasteiger partial charge in [-0.15, -0.1) is 0 Å². The van der Waals surface area contributed by atoms with E-state index in [9.17, 15) is 14.0 Å². The van der Waals surface area contributed by atoms with Crippen LogP contribution in [-0.4, -0.2) is 32.9 Å². The molecule has 204 valence electrons. The van der Waals surface area contributed by atoms with E-state index in [0.717, 1.165) is 5.56 Å². The van der Waals surface area contributed by atoms with E-state index in [1.165, 1.54) is 28.8 Å².